The Morgan fingerprint density at radius 1 is 0.800 bits per heavy atom. The first-order chi connectivity index (χ1) is 14.4. The van der Waals surface area contributed by atoms with Gasteiger partial charge in [-0.2, -0.15) is 0 Å². The first kappa shape index (κ1) is 20.8. The maximum absolute atomic E-state index is 15.3. The van der Waals surface area contributed by atoms with Gasteiger partial charge < -0.3 is 0 Å². The molecular weight excluding hydrogens is 395 g/mol. The number of aryl methyl sites for hydroxylation is 1. The zero-order valence-electron chi connectivity index (χ0n) is 16.8. The normalized spacial score (nSPS) is 16.1. The highest BCUT2D eigenvalue weighted by molar-refractivity contribution is 5.90. The summed E-state index contributed by atoms with van der Waals surface area (Å²) in [6, 6.07) is 5.98. The van der Waals surface area contributed by atoms with Gasteiger partial charge in [0.1, 0.15) is 11.6 Å². The van der Waals surface area contributed by atoms with Gasteiger partial charge in [-0.1, -0.05) is 38.7 Å². The van der Waals surface area contributed by atoms with Crippen molar-refractivity contribution in [2.75, 3.05) is 0 Å². The van der Waals surface area contributed by atoms with Crippen LogP contribution in [0.5, 0.6) is 0 Å². The highest BCUT2D eigenvalue weighted by atomic mass is 19.2. The third-order valence-electron chi connectivity index (χ3n) is 6.17. The molecule has 5 heteroatoms. The zero-order valence-corrected chi connectivity index (χ0v) is 16.8. The van der Waals surface area contributed by atoms with Crippen molar-refractivity contribution in [1.29, 1.82) is 0 Å². The van der Waals surface area contributed by atoms with E-state index in [1.807, 2.05) is 6.07 Å². The molecule has 158 valence electrons. The summed E-state index contributed by atoms with van der Waals surface area (Å²) in [5.41, 5.74) is 1.23. The lowest BCUT2D eigenvalue weighted by Crippen LogP contribution is -2.14. The van der Waals surface area contributed by atoms with E-state index in [-0.39, 0.29) is 10.9 Å². The molecule has 0 amide bonds. The maximum Gasteiger partial charge on any atom is 0.194 e. The van der Waals surface area contributed by atoms with E-state index in [9.17, 15) is 17.6 Å². The number of fused-ring (bicyclic) bond motifs is 2. The van der Waals surface area contributed by atoms with Crippen molar-refractivity contribution in [3.8, 4) is 11.1 Å². The van der Waals surface area contributed by atoms with Gasteiger partial charge in [-0.25, -0.2) is 22.0 Å². The predicted octanol–water partition coefficient (Wildman–Crippen LogP) is 7.89. The Labute approximate surface area is 172 Å². The number of rotatable bonds is 5. The van der Waals surface area contributed by atoms with Crippen LogP contribution < -0.4 is 0 Å². The molecule has 3 aromatic carbocycles. The van der Waals surface area contributed by atoms with Gasteiger partial charge in [0.05, 0.1) is 5.56 Å². The molecule has 0 bridgehead atoms. The highest BCUT2D eigenvalue weighted by Crippen LogP contribution is 2.37. The fourth-order valence-electron chi connectivity index (χ4n) is 4.56. The molecule has 0 N–H and O–H groups in total. The van der Waals surface area contributed by atoms with E-state index in [0.717, 1.165) is 36.8 Å². The summed E-state index contributed by atoms with van der Waals surface area (Å²) in [4.78, 5) is 0. The molecule has 0 radical (unpaired) electrons. The Bertz CT molecular complexity index is 1080. The van der Waals surface area contributed by atoms with Gasteiger partial charge in [-0.3, -0.25) is 0 Å². The Morgan fingerprint density at radius 2 is 1.53 bits per heavy atom. The van der Waals surface area contributed by atoms with E-state index in [4.69, 9.17) is 0 Å². The van der Waals surface area contributed by atoms with Crippen LogP contribution in [0.3, 0.4) is 0 Å². The van der Waals surface area contributed by atoms with Crippen LogP contribution in [0.25, 0.3) is 21.9 Å². The fraction of sp³-hybridized carbons (Fsp3) is 0.360. The van der Waals surface area contributed by atoms with Gasteiger partial charge in [-0.15, -0.1) is 0 Å². The van der Waals surface area contributed by atoms with E-state index in [1.54, 1.807) is 6.07 Å². The minimum atomic E-state index is -1.66. The Morgan fingerprint density at radius 3 is 2.23 bits per heavy atom. The second-order valence-corrected chi connectivity index (χ2v) is 8.25. The molecule has 0 fully saturated rings. The number of hydrogen-bond donors (Lipinski definition) is 0. The van der Waals surface area contributed by atoms with Crippen LogP contribution in [0, 0.1) is 35.0 Å². The van der Waals surface area contributed by atoms with Crippen molar-refractivity contribution in [2.45, 2.75) is 51.9 Å². The summed E-state index contributed by atoms with van der Waals surface area (Å²) in [7, 11) is 0. The van der Waals surface area contributed by atoms with Crippen molar-refractivity contribution in [3.63, 3.8) is 0 Å². The first-order valence-electron chi connectivity index (χ1n) is 10.5. The molecule has 1 aliphatic rings. The van der Waals surface area contributed by atoms with E-state index < -0.39 is 34.6 Å². The summed E-state index contributed by atoms with van der Waals surface area (Å²) in [6.07, 6.45) is 7.51. The fourth-order valence-corrected chi connectivity index (χ4v) is 4.56. The predicted molar refractivity (Wildman–Crippen MR) is 109 cm³/mol. The number of halogens is 5. The van der Waals surface area contributed by atoms with Crippen LogP contribution in [-0.4, -0.2) is 0 Å². The summed E-state index contributed by atoms with van der Waals surface area (Å²) in [5.74, 6) is -5.86. The summed E-state index contributed by atoms with van der Waals surface area (Å²) < 4.78 is 70.5. The summed E-state index contributed by atoms with van der Waals surface area (Å²) >= 11 is 0. The molecule has 0 spiro atoms. The molecule has 0 saturated heterocycles. The molecule has 0 aromatic heterocycles. The first-order valence-corrected chi connectivity index (χ1v) is 10.5. The van der Waals surface area contributed by atoms with Crippen molar-refractivity contribution in [1.82, 2.24) is 0 Å². The van der Waals surface area contributed by atoms with Crippen LogP contribution >= 0.6 is 0 Å². The quantitative estimate of drug-likeness (QED) is 0.225. The minimum Gasteiger partial charge on any atom is -0.206 e. The van der Waals surface area contributed by atoms with Gasteiger partial charge in [0.2, 0.25) is 0 Å². The lowest BCUT2D eigenvalue weighted by molar-refractivity contribution is 0.408. The van der Waals surface area contributed by atoms with Crippen LogP contribution in [0.1, 0.15) is 50.2 Å². The van der Waals surface area contributed by atoms with Gasteiger partial charge in [0.15, 0.2) is 17.5 Å². The largest absolute Gasteiger partial charge is 0.206 e. The molecule has 1 atom stereocenters. The van der Waals surface area contributed by atoms with Gasteiger partial charge >= 0.3 is 0 Å². The molecule has 1 unspecified atom stereocenters. The third-order valence-corrected chi connectivity index (χ3v) is 6.17. The molecule has 1 aliphatic carbocycles. The van der Waals surface area contributed by atoms with Crippen molar-refractivity contribution in [2.24, 2.45) is 5.92 Å². The standard InChI is InChI=1S/C25H23F5/c1-2-3-4-5-14-6-7-15-10-19-17(9-16(15)8-14)11-20(26)23(24(19)29)18-12-21(27)25(30)22(28)13-18/h9-14H,2-8H2,1H3. The molecule has 3 aromatic rings. The Kier molecular flexibility index (Phi) is 5.81. The smallest absolute Gasteiger partial charge is 0.194 e. The third kappa shape index (κ3) is 3.82. The lowest BCUT2D eigenvalue weighted by atomic mass is 9.80. The maximum atomic E-state index is 15.3. The SMILES string of the molecule is CCCCCC1CCc2cc3c(F)c(-c4cc(F)c(F)c(F)c4)c(F)cc3cc2C1. The number of hydrogen-bond acceptors (Lipinski definition) is 0. The molecule has 0 nitrogen and oxygen atoms in total. The second kappa shape index (κ2) is 8.37. The van der Waals surface area contributed by atoms with E-state index >= 15 is 4.39 Å². The van der Waals surface area contributed by atoms with Crippen LogP contribution in [0.15, 0.2) is 30.3 Å². The van der Waals surface area contributed by atoms with E-state index in [0.29, 0.717) is 23.4 Å². The zero-order chi connectivity index (χ0) is 21.4. The lowest BCUT2D eigenvalue weighted by Gasteiger charge is -2.25. The molecule has 0 heterocycles. The van der Waals surface area contributed by atoms with Gasteiger partial charge in [0, 0.05) is 5.39 Å². The Balaban J connectivity index is 1.75. The highest BCUT2D eigenvalue weighted by Gasteiger charge is 2.23. The molecular formula is C25H23F5. The van der Waals surface area contributed by atoms with Crippen molar-refractivity contribution < 1.29 is 22.0 Å². The molecule has 30 heavy (non-hydrogen) atoms. The van der Waals surface area contributed by atoms with E-state index in [1.165, 1.54) is 25.3 Å². The van der Waals surface area contributed by atoms with Crippen molar-refractivity contribution in [3.05, 3.63) is 70.5 Å². The number of unbranched alkanes of at least 4 members (excludes halogenated alkanes) is 2. The average molecular weight is 418 g/mol. The topological polar surface area (TPSA) is 0 Å². The van der Waals surface area contributed by atoms with Crippen LogP contribution in [0.2, 0.25) is 0 Å². The van der Waals surface area contributed by atoms with E-state index in [2.05, 4.69) is 6.92 Å². The minimum absolute atomic E-state index is 0.208. The molecule has 4 rings (SSSR count). The second-order valence-electron chi connectivity index (χ2n) is 8.25. The summed E-state index contributed by atoms with van der Waals surface area (Å²) in [6.45, 7) is 2.17. The van der Waals surface area contributed by atoms with Crippen LogP contribution in [0.4, 0.5) is 22.0 Å². The number of benzene rings is 3. The Hall–Kier alpha value is -2.43. The molecule has 0 aliphatic heterocycles. The van der Waals surface area contributed by atoms with Gasteiger partial charge in [-0.05, 0) is 71.5 Å². The van der Waals surface area contributed by atoms with Crippen LogP contribution in [-0.2, 0) is 12.8 Å². The van der Waals surface area contributed by atoms with Gasteiger partial charge in [0.25, 0.3) is 0 Å². The summed E-state index contributed by atoms with van der Waals surface area (Å²) in [5, 5.41) is 0.629. The monoisotopic (exact) mass is 418 g/mol. The molecule has 0 saturated carbocycles. The van der Waals surface area contributed by atoms with Crippen molar-refractivity contribution >= 4 is 10.8 Å². The average Bonchev–Trinajstić information content (AvgIpc) is 2.71.